The molecule has 0 radical (unpaired) electrons. The summed E-state index contributed by atoms with van der Waals surface area (Å²) in [6, 6.07) is 5.89. The zero-order chi connectivity index (χ0) is 19.1. The highest BCUT2D eigenvalue weighted by Gasteiger charge is 2.47. The number of nitrogens with one attached hydrogen (secondary N) is 2. The van der Waals surface area contributed by atoms with Gasteiger partial charge >= 0.3 is 0 Å². The molecule has 2 aliphatic rings. The van der Waals surface area contributed by atoms with Crippen LogP contribution in [0.2, 0.25) is 0 Å². The topological polar surface area (TPSA) is 94.0 Å². The van der Waals surface area contributed by atoms with Gasteiger partial charge in [0.2, 0.25) is 5.91 Å². The van der Waals surface area contributed by atoms with Gasteiger partial charge in [0.1, 0.15) is 11.5 Å². The van der Waals surface area contributed by atoms with Gasteiger partial charge < -0.3 is 14.3 Å². The lowest BCUT2D eigenvalue weighted by Gasteiger charge is -2.50. The number of aromatic amines is 2. The van der Waals surface area contributed by atoms with Gasteiger partial charge in [0, 0.05) is 44.9 Å². The van der Waals surface area contributed by atoms with Crippen molar-refractivity contribution < 1.29 is 9.21 Å². The van der Waals surface area contributed by atoms with Crippen molar-refractivity contribution in [3.63, 3.8) is 0 Å². The molecule has 2 N–H and O–H groups in total. The SMILES string of the molecule is CC(=O)N1CCc2[nH]cnc2C12CCN(Cc1ccc(-c3ccn[nH]3)o1)CC2. The van der Waals surface area contributed by atoms with E-state index in [2.05, 4.69) is 25.1 Å². The van der Waals surface area contributed by atoms with Crippen molar-refractivity contribution in [1.82, 2.24) is 30.0 Å². The number of fused-ring (bicyclic) bond motifs is 2. The van der Waals surface area contributed by atoms with Crippen LogP contribution in [0.15, 0.2) is 35.1 Å². The number of aromatic nitrogens is 4. The van der Waals surface area contributed by atoms with Gasteiger partial charge in [0.05, 0.1) is 24.1 Å². The minimum Gasteiger partial charge on any atom is -0.458 e. The number of piperidine rings is 1. The monoisotopic (exact) mass is 380 g/mol. The molecule has 0 bridgehead atoms. The zero-order valence-corrected chi connectivity index (χ0v) is 15.9. The summed E-state index contributed by atoms with van der Waals surface area (Å²) in [6.45, 7) is 4.99. The maximum absolute atomic E-state index is 12.3. The average Bonchev–Trinajstić information content (AvgIpc) is 3.45. The second kappa shape index (κ2) is 6.63. The Kier molecular flexibility index (Phi) is 4.08. The molecular weight excluding hydrogens is 356 g/mol. The van der Waals surface area contributed by atoms with Gasteiger partial charge in [0.25, 0.3) is 0 Å². The van der Waals surface area contributed by atoms with E-state index in [1.54, 1.807) is 19.4 Å². The van der Waals surface area contributed by atoms with E-state index in [1.807, 2.05) is 23.1 Å². The van der Waals surface area contributed by atoms with E-state index in [0.717, 1.165) is 68.3 Å². The minimum atomic E-state index is -0.278. The van der Waals surface area contributed by atoms with Gasteiger partial charge in [-0.05, 0) is 31.0 Å². The molecule has 8 heteroatoms. The van der Waals surface area contributed by atoms with Gasteiger partial charge in [-0.25, -0.2) is 4.98 Å². The van der Waals surface area contributed by atoms with Gasteiger partial charge in [-0.1, -0.05) is 0 Å². The third kappa shape index (κ3) is 2.75. The molecule has 0 aromatic carbocycles. The number of nitrogens with zero attached hydrogens (tertiary/aromatic N) is 4. The Bertz CT molecular complexity index is 965. The number of H-pyrrole nitrogens is 2. The highest BCUT2D eigenvalue weighted by Crippen LogP contribution is 2.42. The molecule has 146 valence electrons. The van der Waals surface area contributed by atoms with Crippen molar-refractivity contribution in [2.45, 2.75) is 38.3 Å². The fourth-order valence-electron chi connectivity index (χ4n) is 4.75. The van der Waals surface area contributed by atoms with Crippen LogP contribution in [0.3, 0.4) is 0 Å². The molecule has 0 saturated carbocycles. The quantitative estimate of drug-likeness (QED) is 0.727. The molecule has 1 fully saturated rings. The first kappa shape index (κ1) is 17.2. The van der Waals surface area contributed by atoms with E-state index < -0.39 is 0 Å². The first-order chi connectivity index (χ1) is 13.7. The Morgan fingerprint density at radius 2 is 2.11 bits per heavy atom. The van der Waals surface area contributed by atoms with Crippen molar-refractivity contribution in [2.24, 2.45) is 0 Å². The number of imidazole rings is 1. The number of likely N-dealkylation sites (tertiary alicyclic amines) is 1. The zero-order valence-electron chi connectivity index (χ0n) is 15.9. The van der Waals surface area contributed by atoms with Crippen molar-refractivity contribution in [3.8, 4) is 11.5 Å². The molecule has 2 aliphatic heterocycles. The summed E-state index contributed by atoms with van der Waals surface area (Å²) in [5, 5.41) is 6.90. The van der Waals surface area contributed by atoms with Gasteiger partial charge in [0.15, 0.2) is 5.76 Å². The molecule has 0 aliphatic carbocycles. The largest absolute Gasteiger partial charge is 0.458 e. The number of hydrogen-bond acceptors (Lipinski definition) is 5. The summed E-state index contributed by atoms with van der Waals surface area (Å²) in [4.78, 5) is 24.7. The number of rotatable bonds is 3. The molecule has 5 heterocycles. The Hall–Kier alpha value is -2.87. The summed E-state index contributed by atoms with van der Waals surface area (Å²) in [7, 11) is 0. The van der Waals surface area contributed by atoms with Crippen LogP contribution in [0, 0.1) is 0 Å². The number of carbonyl (C=O) groups is 1. The molecule has 1 amide bonds. The normalized spacial score (nSPS) is 19.1. The second-order valence-electron chi connectivity index (χ2n) is 7.69. The highest BCUT2D eigenvalue weighted by molar-refractivity contribution is 5.75. The van der Waals surface area contributed by atoms with E-state index in [9.17, 15) is 4.79 Å². The molecule has 1 spiro atoms. The molecular formula is C20H24N6O2. The van der Waals surface area contributed by atoms with Crippen molar-refractivity contribution in [3.05, 3.63) is 47.9 Å². The van der Waals surface area contributed by atoms with Crippen molar-refractivity contribution in [1.29, 1.82) is 0 Å². The van der Waals surface area contributed by atoms with Crippen LogP contribution in [-0.4, -0.2) is 55.5 Å². The van der Waals surface area contributed by atoms with Gasteiger partial charge in [-0.15, -0.1) is 0 Å². The third-order valence-corrected chi connectivity index (χ3v) is 6.13. The number of furan rings is 1. The molecule has 8 nitrogen and oxygen atoms in total. The summed E-state index contributed by atoms with van der Waals surface area (Å²) in [5.41, 5.74) is 2.85. The Balaban J connectivity index is 1.31. The molecule has 5 rings (SSSR count). The van der Waals surface area contributed by atoms with E-state index >= 15 is 0 Å². The van der Waals surface area contributed by atoms with Crippen LogP contribution in [0.1, 0.15) is 36.9 Å². The molecule has 0 atom stereocenters. The van der Waals surface area contributed by atoms with E-state index in [0.29, 0.717) is 0 Å². The van der Waals surface area contributed by atoms with Crippen LogP contribution in [-0.2, 0) is 23.3 Å². The number of hydrogen-bond donors (Lipinski definition) is 2. The first-order valence-corrected chi connectivity index (χ1v) is 9.77. The van der Waals surface area contributed by atoms with E-state index in [-0.39, 0.29) is 11.4 Å². The summed E-state index contributed by atoms with van der Waals surface area (Å²) in [6.07, 6.45) is 6.11. The predicted octanol–water partition coefficient (Wildman–Crippen LogP) is 2.29. The van der Waals surface area contributed by atoms with Crippen LogP contribution >= 0.6 is 0 Å². The molecule has 3 aromatic heterocycles. The van der Waals surface area contributed by atoms with Crippen LogP contribution in [0.4, 0.5) is 0 Å². The second-order valence-corrected chi connectivity index (χ2v) is 7.69. The lowest BCUT2D eigenvalue weighted by atomic mass is 9.78. The van der Waals surface area contributed by atoms with Crippen LogP contribution < -0.4 is 0 Å². The minimum absolute atomic E-state index is 0.136. The molecule has 0 unspecified atom stereocenters. The predicted molar refractivity (Wildman–Crippen MR) is 102 cm³/mol. The number of amides is 1. The summed E-state index contributed by atoms with van der Waals surface area (Å²) >= 11 is 0. The van der Waals surface area contributed by atoms with Crippen LogP contribution in [0.25, 0.3) is 11.5 Å². The van der Waals surface area contributed by atoms with E-state index in [4.69, 9.17) is 4.42 Å². The first-order valence-electron chi connectivity index (χ1n) is 9.77. The van der Waals surface area contributed by atoms with Gasteiger partial charge in [-0.2, -0.15) is 5.10 Å². The van der Waals surface area contributed by atoms with Crippen molar-refractivity contribution in [2.75, 3.05) is 19.6 Å². The smallest absolute Gasteiger partial charge is 0.220 e. The molecule has 28 heavy (non-hydrogen) atoms. The lowest BCUT2D eigenvalue weighted by Crippen LogP contribution is -2.57. The van der Waals surface area contributed by atoms with Crippen molar-refractivity contribution >= 4 is 5.91 Å². The third-order valence-electron chi connectivity index (χ3n) is 6.13. The summed E-state index contributed by atoms with van der Waals surface area (Å²) < 4.78 is 5.98. The molecule has 3 aromatic rings. The maximum Gasteiger partial charge on any atom is 0.220 e. The lowest BCUT2D eigenvalue weighted by molar-refractivity contribution is -0.139. The summed E-state index contributed by atoms with van der Waals surface area (Å²) in [5.74, 6) is 1.88. The fourth-order valence-corrected chi connectivity index (χ4v) is 4.75. The maximum atomic E-state index is 12.3. The Morgan fingerprint density at radius 1 is 1.25 bits per heavy atom. The van der Waals surface area contributed by atoms with E-state index in [1.165, 1.54) is 5.69 Å². The molecule has 1 saturated heterocycles. The van der Waals surface area contributed by atoms with Crippen LogP contribution in [0.5, 0.6) is 0 Å². The number of carbonyl (C=O) groups excluding carboxylic acids is 1. The van der Waals surface area contributed by atoms with Gasteiger partial charge in [-0.3, -0.25) is 14.8 Å². The Morgan fingerprint density at radius 3 is 2.86 bits per heavy atom. The standard InChI is InChI=1S/C20H24N6O2/c1-14(27)26-9-5-17-19(22-13-21-17)20(26)6-10-25(11-7-20)12-15-2-3-18(28-15)16-4-8-23-24-16/h2-4,8,13H,5-7,9-12H2,1H3,(H,21,22)(H,23,24). The highest BCUT2D eigenvalue weighted by atomic mass is 16.3. The average molecular weight is 380 g/mol. The Labute approximate surface area is 162 Å². The fraction of sp³-hybridized carbons (Fsp3) is 0.450.